The number of nitrogens with zero attached hydrogens (tertiary/aromatic N) is 1. The summed E-state index contributed by atoms with van der Waals surface area (Å²) >= 11 is 0. The highest BCUT2D eigenvalue weighted by Gasteiger charge is 2.18. The summed E-state index contributed by atoms with van der Waals surface area (Å²) in [5.41, 5.74) is 1.23. The number of primary sulfonamides is 1. The molecule has 1 aliphatic rings. The van der Waals surface area contributed by atoms with Crippen molar-refractivity contribution in [2.24, 2.45) is 5.14 Å². The van der Waals surface area contributed by atoms with Gasteiger partial charge in [-0.1, -0.05) is 37.1 Å². The van der Waals surface area contributed by atoms with Crippen LogP contribution in [0.4, 0.5) is 0 Å². The predicted octanol–water partition coefficient (Wildman–Crippen LogP) is 2.09. The van der Waals surface area contributed by atoms with Crippen molar-refractivity contribution in [1.82, 2.24) is 10.2 Å². The number of rotatable bonds is 8. The third-order valence-electron chi connectivity index (χ3n) is 5.39. The Morgan fingerprint density at radius 2 is 1.62 bits per heavy atom. The fourth-order valence-corrected chi connectivity index (χ4v) is 4.11. The fourth-order valence-electron chi connectivity index (χ4n) is 3.59. The lowest BCUT2D eigenvalue weighted by Crippen LogP contribution is -2.35. The minimum absolute atomic E-state index is 0.0473. The van der Waals surface area contributed by atoms with Crippen molar-refractivity contribution in [3.63, 3.8) is 0 Å². The Morgan fingerprint density at radius 3 is 2.28 bits per heavy atom. The average molecular weight is 460 g/mol. The number of sulfonamides is 1. The van der Waals surface area contributed by atoms with E-state index in [0.29, 0.717) is 24.3 Å². The second-order valence-corrected chi connectivity index (χ2v) is 9.34. The van der Waals surface area contributed by atoms with Crippen LogP contribution in [0.1, 0.15) is 41.6 Å². The smallest absolute Gasteiger partial charge is 0.260 e. The second kappa shape index (κ2) is 11.1. The lowest BCUT2D eigenvalue weighted by Gasteiger charge is -2.20. The van der Waals surface area contributed by atoms with Crippen LogP contribution in [0.15, 0.2) is 53.4 Å². The summed E-state index contributed by atoms with van der Waals surface area (Å²) in [4.78, 5) is 27.0. The minimum atomic E-state index is -3.73. The molecule has 32 heavy (non-hydrogen) atoms. The summed E-state index contributed by atoms with van der Waals surface area (Å²) in [6.07, 6.45) is 4.83. The van der Waals surface area contributed by atoms with Gasteiger partial charge < -0.3 is 15.0 Å². The van der Waals surface area contributed by atoms with Gasteiger partial charge in [0, 0.05) is 19.6 Å². The Hall–Kier alpha value is -2.91. The largest absolute Gasteiger partial charge is 0.483 e. The fraction of sp³-hybridized carbons (Fsp3) is 0.391. The van der Waals surface area contributed by atoms with Crippen LogP contribution in [-0.2, 0) is 21.2 Å². The maximum atomic E-state index is 12.7. The maximum Gasteiger partial charge on any atom is 0.260 e. The number of hydrogen-bond acceptors (Lipinski definition) is 5. The van der Waals surface area contributed by atoms with Gasteiger partial charge in [0.2, 0.25) is 10.0 Å². The number of hydrogen-bond donors (Lipinski definition) is 2. The monoisotopic (exact) mass is 459 g/mol. The van der Waals surface area contributed by atoms with E-state index in [1.54, 1.807) is 36.4 Å². The maximum absolute atomic E-state index is 12.7. The molecule has 0 saturated carbocycles. The number of likely N-dealkylation sites (tertiary alicyclic amines) is 1. The molecule has 8 nitrogen and oxygen atoms in total. The molecule has 2 amide bonds. The van der Waals surface area contributed by atoms with Crippen LogP contribution in [-0.4, -0.2) is 51.4 Å². The van der Waals surface area contributed by atoms with Crippen molar-refractivity contribution in [3.05, 3.63) is 59.7 Å². The number of carbonyl (C=O) groups excluding carboxylic acids is 2. The summed E-state index contributed by atoms with van der Waals surface area (Å²) < 4.78 is 28.3. The van der Waals surface area contributed by atoms with Crippen molar-refractivity contribution in [3.8, 4) is 5.75 Å². The first-order valence-corrected chi connectivity index (χ1v) is 12.3. The molecule has 172 valence electrons. The number of carbonyl (C=O) groups is 2. The van der Waals surface area contributed by atoms with E-state index in [1.165, 1.54) is 12.1 Å². The first kappa shape index (κ1) is 23.7. The van der Waals surface area contributed by atoms with Crippen LogP contribution in [0.5, 0.6) is 5.75 Å². The van der Waals surface area contributed by atoms with E-state index in [4.69, 9.17) is 9.88 Å². The molecule has 0 aromatic heterocycles. The standard InChI is InChI=1S/C23H29N3O5S/c24-32(29,30)19-11-9-18(10-12-19)13-14-25-23(28)20-7-3-4-8-21(20)31-17-22(27)26-15-5-1-2-6-16-26/h3-4,7-12H,1-2,5-6,13-17H2,(H,25,28)(H2,24,29,30). The highest BCUT2D eigenvalue weighted by atomic mass is 32.2. The molecule has 9 heteroatoms. The van der Waals surface area contributed by atoms with Gasteiger partial charge >= 0.3 is 0 Å². The Bertz CT molecular complexity index is 1030. The van der Waals surface area contributed by atoms with Crippen molar-refractivity contribution >= 4 is 21.8 Å². The van der Waals surface area contributed by atoms with Gasteiger partial charge in [-0.2, -0.15) is 0 Å². The van der Waals surface area contributed by atoms with E-state index in [0.717, 1.165) is 44.3 Å². The second-order valence-electron chi connectivity index (χ2n) is 7.77. The van der Waals surface area contributed by atoms with Gasteiger partial charge in [0.05, 0.1) is 10.5 Å². The molecule has 1 fully saturated rings. The van der Waals surface area contributed by atoms with Crippen LogP contribution in [0.3, 0.4) is 0 Å². The number of para-hydroxylation sites is 1. The van der Waals surface area contributed by atoms with Gasteiger partial charge in [0.25, 0.3) is 11.8 Å². The lowest BCUT2D eigenvalue weighted by atomic mass is 10.1. The molecule has 1 heterocycles. The number of benzene rings is 2. The van der Waals surface area contributed by atoms with E-state index >= 15 is 0 Å². The molecular formula is C23H29N3O5S. The molecule has 0 spiro atoms. The third kappa shape index (κ3) is 6.80. The van der Waals surface area contributed by atoms with E-state index in [9.17, 15) is 18.0 Å². The van der Waals surface area contributed by atoms with Crippen molar-refractivity contribution in [2.45, 2.75) is 37.0 Å². The predicted molar refractivity (Wildman–Crippen MR) is 121 cm³/mol. The van der Waals surface area contributed by atoms with E-state index in [2.05, 4.69) is 5.32 Å². The molecule has 3 rings (SSSR count). The Morgan fingerprint density at radius 1 is 0.969 bits per heavy atom. The zero-order valence-corrected chi connectivity index (χ0v) is 18.8. The zero-order chi connectivity index (χ0) is 23.0. The number of nitrogens with two attached hydrogens (primary N) is 1. The van der Waals surface area contributed by atoms with Gasteiger partial charge in [-0.15, -0.1) is 0 Å². The molecule has 0 radical (unpaired) electrons. The third-order valence-corrected chi connectivity index (χ3v) is 6.32. The van der Waals surface area contributed by atoms with Crippen LogP contribution < -0.4 is 15.2 Å². The summed E-state index contributed by atoms with van der Waals surface area (Å²) in [5, 5.41) is 7.93. The number of ether oxygens (including phenoxy) is 1. The molecule has 0 bridgehead atoms. The average Bonchev–Trinajstić information content (AvgIpc) is 3.07. The molecule has 3 N–H and O–H groups in total. The Labute approximate surface area is 188 Å². The van der Waals surface area contributed by atoms with Crippen LogP contribution in [0, 0.1) is 0 Å². The van der Waals surface area contributed by atoms with E-state index in [1.807, 2.05) is 4.90 Å². The molecule has 0 atom stereocenters. The van der Waals surface area contributed by atoms with Crippen molar-refractivity contribution < 1.29 is 22.7 Å². The summed E-state index contributed by atoms with van der Waals surface area (Å²) in [5.74, 6) is -0.000272. The molecular weight excluding hydrogens is 430 g/mol. The molecule has 1 aliphatic heterocycles. The van der Waals surface area contributed by atoms with Gasteiger partial charge in [0.15, 0.2) is 6.61 Å². The van der Waals surface area contributed by atoms with Crippen LogP contribution in [0.2, 0.25) is 0 Å². The number of amides is 2. The minimum Gasteiger partial charge on any atom is -0.483 e. The number of nitrogens with one attached hydrogen (secondary N) is 1. The SMILES string of the molecule is NS(=O)(=O)c1ccc(CCNC(=O)c2ccccc2OCC(=O)N2CCCCCC2)cc1. The molecule has 0 aliphatic carbocycles. The lowest BCUT2D eigenvalue weighted by molar-refractivity contribution is -0.133. The zero-order valence-electron chi connectivity index (χ0n) is 18.0. The van der Waals surface area contributed by atoms with Crippen LogP contribution in [0.25, 0.3) is 0 Å². The first-order valence-electron chi connectivity index (χ1n) is 10.7. The Balaban J connectivity index is 1.53. The van der Waals surface area contributed by atoms with Gasteiger partial charge in [-0.25, -0.2) is 13.6 Å². The quantitative estimate of drug-likeness (QED) is 0.627. The highest BCUT2D eigenvalue weighted by Crippen LogP contribution is 2.18. The van der Waals surface area contributed by atoms with Crippen molar-refractivity contribution in [2.75, 3.05) is 26.2 Å². The first-order chi connectivity index (χ1) is 15.3. The van der Waals surface area contributed by atoms with Gasteiger partial charge in [-0.3, -0.25) is 9.59 Å². The van der Waals surface area contributed by atoms with Crippen LogP contribution >= 0.6 is 0 Å². The topological polar surface area (TPSA) is 119 Å². The van der Waals surface area contributed by atoms with Gasteiger partial charge in [-0.05, 0) is 49.1 Å². The van der Waals surface area contributed by atoms with Gasteiger partial charge in [0.1, 0.15) is 5.75 Å². The normalized spacial score (nSPS) is 14.5. The van der Waals surface area contributed by atoms with E-state index < -0.39 is 10.0 Å². The molecule has 1 saturated heterocycles. The van der Waals surface area contributed by atoms with Crippen molar-refractivity contribution in [1.29, 1.82) is 0 Å². The highest BCUT2D eigenvalue weighted by molar-refractivity contribution is 7.89. The summed E-state index contributed by atoms with van der Waals surface area (Å²) in [6.45, 7) is 1.76. The van der Waals surface area contributed by atoms with E-state index in [-0.39, 0.29) is 23.3 Å². The summed E-state index contributed by atoms with van der Waals surface area (Å²) in [7, 11) is -3.73. The molecule has 0 unspecified atom stereocenters. The summed E-state index contributed by atoms with van der Waals surface area (Å²) in [6, 6.07) is 13.0. The molecule has 2 aromatic carbocycles. The Kier molecular flexibility index (Phi) is 8.24. The molecule has 2 aromatic rings.